The van der Waals surface area contributed by atoms with Crippen LogP contribution in [0.3, 0.4) is 0 Å². The van der Waals surface area contributed by atoms with Crippen LogP contribution in [0, 0.1) is 5.82 Å². The number of ether oxygens (including phenoxy) is 4. The SMILES string of the molecule is COc1ccc(-c2cc3c(F)cc(N4CCN[C@@H](C)C4)cc3oc2=O)cc1OC.COc1ccc(-c2cc3ccc(N4CCNCC4)cc3oc2=O)c(OC)c1. The maximum atomic E-state index is 14.9. The number of nitrogens with zero attached hydrogens (tertiary/aromatic N) is 2. The Kier molecular flexibility index (Phi) is 11.4. The Morgan fingerprint density at radius 1 is 0.643 bits per heavy atom. The molecule has 292 valence electrons. The molecule has 8 rings (SSSR count). The lowest BCUT2D eigenvalue weighted by molar-refractivity contribution is 0.355. The Bertz CT molecular complexity index is 2480. The summed E-state index contributed by atoms with van der Waals surface area (Å²) in [6, 6.07) is 23.4. The highest BCUT2D eigenvalue weighted by atomic mass is 19.1. The summed E-state index contributed by atoms with van der Waals surface area (Å²) in [5.41, 5.74) is 3.68. The quantitative estimate of drug-likeness (QED) is 0.169. The second kappa shape index (κ2) is 16.8. The summed E-state index contributed by atoms with van der Waals surface area (Å²) >= 11 is 0. The Balaban J connectivity index is 0.000000172. The molecule has 0 aliphatic carbocycles. The van der Waals surface area contributed by atoms with Gasteiger partial charge in [0.05, 0.1) is 45.0 Å². The van der Waals surface area contributed by atoms with Crippen LogP contribution in [0.4, 0.5) is 15.8 Å². The van der Waals surface area contributed by atoms with Gasteiger partial charge in [0.25, 0.3) is 0 Å². The summed E-state index contributed by atoms with van der Waals surface area (Å²) < 4.78 is 47.3. The van der Waals surface area contributed by atoms with Gasteiger partial charge in [0, 0.05) is 92.4 Å². The van der Waals surface area contributed by atoms with Crippen LogP contribution in [-0.4, -0.2) is 80.3 Å². The second-order valence-electron chi connectivity index (χ2n) is 13.6. The average molecular weight is 765 g/mol. The molecule has 13 heteroatoms. The maximum Gasteiger partial charge on any atom is 0.344 e. The van der Waals surface area contributed by atoms with Crippen LogP contribution in [0.15, 0.2) is 97.3 Å². The molecule has 6 aromatic rings. The number of nitrogens with one attached hydrogen (secondary N) is 2. The summed E-state index contributed by atoms with van der Waals surface area (Å²) in [4.78, 5) is 29.7. The number of hydrogen-bond donors (Lipinski definition) is 2. The molecular formula is C43H45FN4O8. The van der Waals surface area contributed by atoms with E-state index in [1.807, 2.05) is 24.3 Å². The molecule has 2 aromatic heterocycles. The highest BCUT2D eigenvalue weighted by Gasteiger charge is 2.20. The summed E-state index contributed by atoms with van der Waals surface area (Å²) in [6.45, 7) is 8.23. The van der Waals surface area contributed by atoms with Gasteiger partial charge >= 0.3 is 11.3 Å². The van der Waals surface area contributed by atoms with E-state index >= 15 is 0 Å². The molecule has 2 aliphatic heterocycles. The van der Waals surface area contributed by atoms with E-state index in [-0.39, 0.29) is 22.2 Å². The lowest BCUT2D eigenvalue weighted by Crippen LogP contribution is -2.49. The lowest BCUT2D eigenvalue weighted by Gasteiger charge is -2.33. The molecule has 12 nitrogen and oxygen atoms in total. The van der Waals surface area contributed by atoms with Gasteiger partial charge in [0.1, 0.15) is 28.5 Å². The number of piperazine rings is 2. The fourth-order valence-electron chi connectivity index (χ4n) is 7.14. The van der Waals surface area contributed by atoms with Crippen molar-refractivity contribution in [2.45, 2.75) is 13.0 Å². The van der Waals surface area contributed by atoms with E-state index in [2.05, 4.69) is 33.4 Å². The molecule has 56 heavy (non-hydrogen) atoms. The van der Waals surface area contributed by atoms with Crippen LogP contribution >= 0.6 is 0 Å². The minimum Gasteiger partial charge on any atom is -0.497 e. The van der Waals surface area contributed by atoms with Crippen molar-refractivity contribution in [2.24, 2.45) is 0 Å². The van der Waals surface area contributed by atoms with Crippen molar-refractivity contribution in [1.29, 1.82) is 0 Å². The van der Waals surface area contributed by atoms with E-state index in [0.717, 1.165) is 56.9 Å². The number of methoxy groups -OCH3 is 4. The van der Waals surface area contributed by atoms with Gasteiger partial charge in [-0.2, -0.15) is 0 Å². The van der Waals surface area contributed by atoms with Crippen molar-refractivity contribution >= 4 is 33.3 Å². The standard InChI is InChI=1S/C22H23FN2O4.C21H22N2O4/c1-13-12-25(7-6-24-13)15-9-18(23)17-11-16(22(26)29-20(17)10-15)14-4-5-19(27-2)21(8-14)28-3;1-25-16-5-6-17(20(13-16)26-2)18-11-14-3-4-15(12-19(14)27-21(18)24)23-9-7-22-8-10-23/h4-5,8-11,13,24H,6-7,12H2,1-3H3;3-6,11-13,22H,7-10H2,1-2H3/t13-;/m0./s1. The molecule has 0 radical (unpaired) electrons. The number of anilines is 2. The predicted octanol–water partition coefficient (Wildman–Crippen LogP) is 6.30. The molecule has 0 unspecified atom stereocenters. The average Bonchev–Trinajstić information content (AvgIpc) is 3.23. The largest absolute Gasteiger partial charge is 0.497 e. The molecule has 2 saturated heterocycles. The molecule has 1 atom stereocenters. The topological polar surface area (TPSA) is 128 Å². The third-order valence-corrected chi connectivity index (χ3v) is 10.1. The number of rotatable bonds is 8. The van der Waals surface area contributed by atoms with Crippen molar-refractivity contribution in [3.63, 3.8) is 0 Å². The summed E-state index contributed by atoms with van der Waals surface area (Å²) in [6.07, 6.45) is 0. The van der Waals surface area contributed by atoms with Crippen molar-refractivity contribution in [1.82, 2.24) is 10.6 Å². The van der Waals surface area contributed by atoms with Gasteiger partial charge in [-0.15, -0.1) is 0 Å². The van der Waals surface area contributed by atoms with E-state index in [9.17, 15) is 14.0 Å². The van der Waals surface area contributed by atoms with Crippen LogP contribution in [0.5, 0.6) is 23.0 Å². The zero-order chi connectivity index (χ0) is 39.3. The van der Waals surface area contributed by atoms with Crippen LogP contribution in [0.25, 0.3) is 44.2 Å². The van der Waals surface area contributed by atoms with Crippen LogP contribution < -0.4 is 50.6 Å². The molecule has 0 bridgehead atoms. The molecule has 4 aromatic carbocycles. The van der Waals surface area contributed by atoms with Crippen LogP contribution in [-0.2, 0) is 0 Å². The molecule has 2 fully saturated rings. The first-order valence-electron chi connectivity index (χ1n) is 18.4. The van der Waals surface area contributed by atoms with E-state index < -0.39 is 11.4 Å². The number of fused-ring (bicyclic) bond motifs is 2. The van der Waals surface area contributed by atoms with E-state index in [1.54, 1.807) is 50.6 Å². The summed E-state index contributed by atoms with van der Waals surface area (Å²) in [5.74, 6) is 1.84. The molecular weight excluding hydrogens is 719 g/mol. The van der Waals surface area contributed by atoms with Crippen molar-refractivity contribution < 1.29 is 32.2 Å². The molecule has 0 spiro atoms. The zero-order valence-corrected chi connectivity index (χ0v) is 32.1. The Morgan fingerprint density at radius 2 is 1.36 bits per heavy atom. The van der Waals surface area contributed by atoms with Gasteiger partial charge < -0.3 is 48.2 Å². The fraction of sp³-hybridized carbons (Fsp3) is 0.302. The van der Waals surface area contributed by atoms with Crippen molar-refractivity contribution in [2.75, 3.05) is 84.1 Å². The predicted molar refractivity (Wildman–Crippen MR) is 217 cm³/mol. The Morgan fingerprint density at radius 3 is 2.09 bits per heavy atom. The zero-order valence-electron chi connectivity index (χ0n) is 32.1. The minimum atomic E-state index is -0.532. The lowest BCUT2D eigenvalue weighted by atomic mass is 10.0. The maximum absolute atomic E-state index is 14.9. The van der Waals surface area contributed by atoms with Gasteiger partial charge in [-0.1, -0.05) is 6.07 Å². The van der Waals surface area contributed by atoms with E-state index in [1.165, 1.54) is 26.4 Å². The summed E-state index contributed by atoms with van der Waals surface area (Å²) in [7, 11) is 6.21. The third kappa shape index (κ3) is 8.00. The van der Waals surface area contributed by atoms with Gasteiger partial charge in [0.15, 0.2) is 11.5 Å². The first-order valence-corrected chi connectivity index (χ1v) is 18.4. The molecule has 4 heterocycles. The van der Waals surface area contributed by atoms with Gasteiger partial charge in [0.2, 0.25) is 0 Å². The number of halogens is 1. The van der Waals surface area contributed by atoms with Crippen molar-refractivity contribution in [3.05, 3.63) is 106 Å². The number of benzene rings is 4. The summed E-state index contributed by atoms with van der Waals surface area (Å²) in [5, 5.41) is 7.84. The van der Waals surface area contributed by atoms with E-state index in [0.29, 0.717) is 57.0 Å². The van der Waals surface area contributed by atoms with Gasteiger partial charge in [-0.25, -0.2) is 14.0 Å². The first kappa shape index (κ1) is 38.2. The van der Waals surface area contributed by atoms with Crippen LogP contribution in [0.1, 0.15) is 6.92 Å². The molecule has 0 amide bonds. The monoisotopic (exact) mass is 764 g/mol. The molecule has 2 N–H and O–H groups in total. The van der Waals surface area contributed by atoms with Gasteiger partial charge in [-0.05, 0) is 67.1 Å². The fourth-order valence-corrected chi connectivity index (χ4v) is 7.14. The smallest absolute Gasteiger partial charge is 0.344 e. The Labute approximate surface area is 323 Å². The normalized spacial score (nSPS) is 15.6. The van der Waals surface area contributed by atoms with E-state index in [4.69, 9.17) is 27.8 Å². The van der Waals surface area contributed by atoms with Crippen molar-refractivity contribution in [3.8, 4) is 45.3 Å². The minimum absolute atomic E-state index is 0.236. The first-order chi connectivity index (χ1) is 27.2. The number of hydrogen-bond acceptors (Lipinski definition) is 12. The highest BCUT2D eigenvalue weighted by Crippen LogP contribution is 2.35. The van der Waals surface area contributed by atoms with Crippen LogP contribution in [0.2, 0.25) is 0 Å². The van der Waals surface area contributed by atoms with Gasteiger partial charge in [-0.3, -0.25) is 0 Å². The molecule has 0 saturated carbocycles. The third-order valence-electron chi connectivity index (χ3n) is 10.1. The second-order valence-corrected chi connectivity index (χ2v) is 13.6. The Hall–Kier alpha value is -6.05. The molecule has 2 aliphatic rings. The highest BCUT2D eigenvalue weighted by molar-refractivity contribution is 5.87.